The minimum atomic E-state index is -0.783. The molecule has 0 bridgehead atoms. The number of nitrogens with zero attached hydrogens (tertiary/aromatic N) is 2. The van der Waals surface area contributed by atoms with Crippen LogP contribution in [0.4, 0.5) is 5.82 Å². The molecule has 0 aliphatic rings. The van der Waals surface area contributed by atoms with Crippen LogP contribution in [0, 0.1) is 13.8 Å². The lowest BCUT2D eigenvalue weighted by Crippen LogP contribution is -2.31. The van der Waals surface area contributed by atoms with Gasteiger partial charge in [0, 0.05) is 12.4 Å². The summed E-state index contributed by atoms with van der Waals surface area (Å²) in [7, 11) is 0. The Hall–Kier alpha value is -2.96. The smallest absolute Gasteiger partial charge is 0.361 e. The van der Waals surface area contributed by atoms with Crippen LogP contribution >= 0.6 is 0 Å². The van der Waals surface area contributed by atoms with Gasteiger partial charge in [0.1, 0.15) is 0 Å². The summed E-state index contributed by atoms with van der Waals surface area (Å²) in [6, 6.07) is 5.79. The molecule has 0 aliphatic heterocycles. The van der Waals surface area contributed by atoms with Crippen molar-refractivity contribution in [2.45, 2.75) is 26.8 Å². The summed E-state index contributed by atoms with van der Waals surface area (Å²) in [5.41, 5.74) is 8.75. The fourth-order valence-electron chi connectivity index (χ4n) is 2.11. The van der Waals surface area contributed by atoms with E-state index in [0.717, 1.165) is 11.1 Å². The molecule has 3 N–H and O–H groups in total. The van der Waals surface area contributed by atoms with Gasteiger partial charge < -0.3 is 15.8 Å². The summed E-state index contributed by atoms with van der Waals surface area (Å²) >= 11 is 0. The third kappa shape index (κ3) is 4.28. The molecule has 1 aromatic heterocycles. The third-order valence-electron chi connectivity index (χ3n) is 3.66. The van der Waals surface area contributed by atoms with Crippen molar-refractivity contribution in [1.82, 2.24) is 15.3 Å². The maximum atomic E-state index is 11.9. The molecular formula is C17H20N4O3. The molecule has 0 aliphatic carbocycles. The Bertz CT molecular complexity index is 761. The van der Waals surface area contributed by atoms with E-state index >= 15 is 0 Å². The first-order valence-corrected chi connectivity index (χ1v) is 7.48. The number of anilines is 1. The average molecular weight is 328 g/mol. The summed E-state index contributed by atoms with van der Waals surface area (Å²) in [4.78, 5) is 31.3. The number of aromatic nitrogens is 2. The largest absolute Gasteiger partial charge is 0.451 e. The minimum Gasteiger partial charge on any atom is -0.451 e. The van der Waals surface area contributed by atoms with Gasteiger partial charge in [-0.05, 0) is 37.5 Å². The average Bonchev–Trinajstić information content (AvgIpc) is 2.55. The lowest BCUT2D eigenvalue weighted by atomic mass is 10.0. The van der Waals surface area contributed by atoms with Crippen molar-refractivity contribution in [3.05, 3.63) is 53.0 Å². The van der Waals surface area contributed by atoms with Crippen molar-refractivity contribution in [1.29, 1.82) is 0 Å². The molecule has 0 saturated heterocycles. The molecule has 1 amide bonds. The number of benzene rings is 1. The van der Waals surface area contributed by atoms with Crippen molar-refractivity contribution in [3.63, 3.8) is 0 Å². The van der Waals surface area contributed by atoms with Crippen LogP contribution in [0.15, 0.2) is 30.6 Å². The molecule has 2 rings (SSSR count). The second-order valence-corrected chi connectivity index (χ2v) is 5.50. The standard InChI is InChI=1S/C17H20N4O3/c1-10-4-5-13(8-11(10)2)12(3)21-14(22)9-24-17(23)15-16(18)20-7-6-19-15/h4-8,12H,9H2,1-3H3,(H2,18,20)(H,21,22)/t12-/m1/s1. The second kappa shape index (κ2) is 7.54. The predicted octanol–water partition coefficient (Wildman–Crippen LogP) is 1.71. The van der Waals surface area contributed by atoms with E-state index in [1.165, 1.54) is 18.0 Å². The van der Waals surface area contributed by atoms with Crippen LogP contribution in [0.5, 0.6) is 0 Å². The lowest BCUT2D eigenvalue weighted by Gasteiger charge is -2.15. The van der Waals surface area contributed by atoms with Crippen LogP contribution < -0.4 is 11.1 Å². The van der Waals surface area contributed by atoms with Crippen LogP contribution in [-0.4, -0.2) is 28.5 Å². The molecule has 24 heavy (non-hydrogen) atoms. The van der Waals surface area contributed by atoms with Crippen molar-refractivity contribution < 1.29 is 14.3 Å². The van der Waals surface area contributed by atoms with Gasteiger partial charge in [-0.25, -0.2) is 14.8 Å². The number of carbonyl (C=O) groups excluding carboxylic acids is 2. The third-order valence-corrected chi connectivity index (χ3v) is 3.66. The number of aryl methyl sites for hydroxylation is 2. The normalized spacial score (nSPS) is 11.6. The Balaban J connectivity index is 1.90. The van der Waals surface area contributed by atoms with E-state index in [9.17, 15) is 9.59 Å². The summed E-state index contributed by atoms with van der Waals surface area (Å²) in [5.74, 6) is -1.22. The highest BCUT2D eigenvalue weighted by atomic mass is 16.5. The van der Waals surface area contributed by atoms with E-state index in [4.69, 9.17) is 10.5 Å². The quantitative estimate of drug-likeness (QED) is 0.809. The van der Waals surface area contributed by atoms with Crippen LogP contribution in [0.1, 0.15) is 40.1 Å². The zero-order valence-electron chi connectivity index (χ0n) is 13.9. The van der Waals surface area contributed by atoms with E-state index in [2.05, 4.69) is 15.3 Å². The Morgan fingerprint density at radius 1 is 1.21 bits per heavy atom. The molecule has 0 radical (unpaired) electrons. The molecule has 1 aromatic carbocycles. The summed E-state index contributed by atoms with van der Waals surface area (Å²) in [5, 5.41) is 2.78. The number of ether oxygens (including phenoxy) is 1. The van der Waals surface area contributed by atoms with E-state index in [0.29, 0.717) is 0 Å². The number of amides is 1. The molecule has 2 aromatic rings. The number of carbonyl (C=O) groups is 2. The molecular weight excluding hydrogens is 308 g/mol. The van der Waals surface area contributed by atoms with E-state index < -0.39 is 18.5 Å². The first kappa shape index (κ1) is 17.4. The lowest BCUT2D eigenvalue weighted by molar-refractivity contribution is -0.124. The zero-order chi connectivity index (χ0) is 17.7. The Morgan fingerprint density at radius 3 is 2.58 bits per heavy atom. The maximum absolute atomic E-state index is 11.9. The highest BCUT2D eigenvalue weighted by molar-refractivity contribution is 5.93. The topological polar surface area (TPSA) is 107 Å². The SMILES string of the molecule is Cc1ccc([C@@H](C)NC(=O)COC(=O)c2nccnc2N)cc1C. The number of esters is 1. The fourth-order valence-corrected chi connectivity index (χ4v) is 2.11. The highest BCUT2D eigenvalue weighted by Crippen LogP contribution is 2.16. The highest BCUT2D eigenvalue weighted by Gasteiger charge is 2.16. The number of nitrogen functional groups attached to an aromatic ring is 1. The van der Waals surface area contributed by atoms with Gasteiger partial charge >= 0.3 is 5.97 Å². The van der Waals surface area contributed by atoms with E-state index in [1.807, 2.05) is 39.0 Å². The van der Waals surface area contributed by atoms with Crippen molar-refractivity contribution in [2.24, 2.45) is 0 Å². The van der Waals surface area contributed by atoms with Crippen molar-refractivity contribution >= 4 is 17.7 Å². The van der Waals surface area contributed by atoms with Crippen LogP contribution in [0.25, 0.3) is 0 Å². The van der Waals surface area contributed by atoms with E-state index in [-0.39, 0.29) is 17.6 Å². The molecule has 7 nitrogen and oxygen atoms in total. The van der Waals surface area contributed by atoms with Gasteiger partial charge in [0.25, 0.3) is 5.91 Å². The van der Waals surface area contributed by atoms with E-state index in [1.54, 1.807) is 0 Å². The number of rotatable bonds is 5. The first-order valence-electron chi connectivity index (χ1n) is 7.48. The molecule has 0 fully saturated rings. The van der Waals surface area contributed by atoms with Gasteiger partial charge in [0.05, 0.1) is 6.04 Å². The Morgan fingerprint density at radius 2 is 1.92 bits per heavy atom. The summed E-state index contributed by atoms with van der Waals surface area (Å²) in [6.07, 6.45) is 2.69. The van der Waals surface area contributed by atoms with Gasteiger partial charge in [0.15, 0.2) is 18.1 Å². The van der Waals surface area contributed by atoms with Crippen LogP contribution in [0.2, 0.25) is 0 Å². The predicted molar refractivity (Wildman–Crippen MR) is 89.2 cm³/mol. The molecule has 1 atom stereocenters. The summed E-state index contributed by atoms with van der Waals surface area (Å²) in [6.45, 7) is 5.50. The second-order valence-electron chi connectivity index (χ2n) is 5.50. The molecule has 1 heterocycles. The molecule has 0 spiro atoms. The first-order chi connectivity index (χ1) is 11.4. The Kier molecular flexibility index (Phi) is 5.47. The number of hydrogen-bond acceptors (Lipinski definition) is 6. The molecule has 126 valence electrons. The monoisotopic (exact) mass is 328 g/mol. The number of nitrogens with one attached hydrogen (secondary N) is 1. The van der Waals surface area contributed by atoms with Crippen LogP contribution in [-0.2, 0) is 9.53 Å². The Labute approximate surface area is 140 Å². The van der Waals surface area contributed by atoms with Gasteiger partial charge in [-0.2, -0.15) is 0 Å². The molecule has 0 saturated carbocycles. The zero-order valence-corrected chi connectivity index (χ0v) is 13.9. The van der Waals surface area contributed by atoms with Crippen molar-refractivity contribution in [2.75, 3.05) is 12.3 Å². The summed E-state index contributed by atoms with van der Waals surface area (Å²) < 4.78 is 4.92. The number of hydrogen-bond donors (Lipinski definition) is 2. The van der Waals surface area contributed by atoms with Crippen molar-refractivity contribution in [3.8, 4) is 0 Å². The fraction of sp³-hybridized carbons (Fsp3) is 0.294. The van der Waals surface area contributed by atoms with Gasteiger partial charge in [0.2, 0.25) is 0 Å². The minimum absolute atomic E-state index is 0.0357. The number of nitrogens with two attached hydrogens (primary N) is 1. The maximum Gasteiger partial charge on any atom is 0.361 e. The van der Waals surface area contributed by atoms with Gasteiger partial charge in [-0.3, -0.25) is 4.79 Å². The van der Waals surface area contributed by atoms with Crippen LogP contribution in [0.3, 0.4) is 0 Å². The molecule has 0 unspecified atom stereocenters. The molecule has 7 heteroatoms. The van der Waals surface area contributed by atoms with Gasteiger partial charge in [-0.1, -0.05) is 18.2 Å². The van der Waals surface area contributed by atoms with Gasteiger partial charge in [-0.15, -0.1) is 0 Å².